The maximum absolute atomic E-state index is 11.9. The Labute approximate surface area is 122 Å². The molecule has 2 rings (SSSR count). The monoisotopic (exact) mass is 282 g/mol. The Morgan fingerprint density at radius 3 is 2.52 bits per heavy atom. The summed E-state index contributed by atoms with van der Waals surface area (Å²) in [5, 5.41) is 8.71. The van der Waals surface area contributed by atoms with Crippen molar-refractivity contribution in [3.8, 4) is 11.8 Å². The smallest absolute Gasteiger partial charge is 0.338 e. The zero-order chi connectivity index (χ0) is 15.2. The average molecular weight is 282 g/mol. The van der Waals surface area contributed by atoms with Crippen LogP contribution in [0.1, 0.15) is 21.5 Å². The summed E-state index contributed by atoms with van der Waals surface area (Å²) < 4.78 is 10.2. The molecule has 0 atom stereocenters. The summed E-state index contributed by atoms with van der Waals surface area (Å²) in [5.74, 6) is 0.0485. The number of hydrogen-bond acceptors (Lipinski definition) is 5. The van der Waals surface area contributed by atoms with Gasteiger partial charge in [-0.2, -0.15) is 5.26 Å². The molecule has 0 saturated carbocycles. The highest BCUT2D eigenvalue weighted by Crippen LogP contribution is 2.22. The van der Waals surface area contributed by atoms with Crippen molar-refractivity contribution in [2.24, 2.45) is 0 Å². The van der Waals surface area contributed by atoms with Crippen LogP contribution < -0.4 is 10.5 Å². The molecule has 0 aromatic heterocycles. The highest BCUT2D eigenvalue weighted by molar-refractivity contribution is 5.91. The molecule has 5 nitrogen and oxygen atoms in total. The molecular formula is C16H14N2O3. The standard InChI is InChI=1S/C16H14N2O3/c1-20-15-7-6-13(8-14(15)18)16(19)21-10-12-4-2-11(9-17)3-5-12/h2-8H,10,18H2,1H3. The predicted molar refractivity (Wildman–Crippen MR) is 77.7 cm³/mol. The SMILES string of the molecule is COc1ccc(C(=O)OCc2ccc(C#N)cc2)cc1N. The zero-order valence-corrected chi connectivity index (χ0v) is 11.5. The molecule has 0 aliphatic carbocycles. The number of benzene rings is 2. The third-order valence-electron chi connectivity index (χ3n) is 2.92. The Balaban J connectivity index is 2.01. The van der Waals surface area contributed by atoms with Crippen LogP contribution in [0.15, 0.2) is 42.5 Å². The van der Waals surface area contributed by atoms with E-state index in [4.69, 9.17) is 20.5 Å². The molecular weight excluding hydrogens is 268 g/mol. The molecule has 0 unspecified atom stereocenters. The Morgan fingerprint density at radius 2 is 1.95 bits per heavy atom. The first-order valence-electron chi connectivity index (χ1n) is 6.23. The van der Waals surface area contributed by atoms with Crippen molar-refractivity contribution in [3.63, 3.8) is 0 Å². The van der Waals surface area contributed by atoms with Gasteiger partial charge in [-0.15, -0.1) is 0 Å². The van der Waals surface area contributed by atoms with E-state index in [-0.39, 0.29) is 6.61 Å². The number of carbonyl (C=O) groups is 1. The lowest BCUT2D eigenvalue weighted by molar-refractivity contribution is 0.0473. The molecule has 0 aliphatic heterocycles. The van der Waals surface area contributed by atoms with Crippen LogP contribution in [0.5, 0.6) is 5.75 Å². The van der Waals surface area contributed by atoms with Crippen LogP contribution in [0.25, 0.3) is 0 Å². The Kier molecular flexibility index (Phi) is 4.42. The highest BCUT2D eigenvalue weighted by Gasteiger charge is 2.10. The summed E-state index contributed by atoms with van der Waals surface area (Å²) in [6.07, 6.45) is 0. The minimum atomic E-state index is -0.464. The number of nitrogen functional groups attached to an aromatic ring is 1. The third kappa shape index (κ3) is 3.51. The second-order valence-corrected chi connectivity index (χ2v) is 4.34. The van der Waals surface area contributed by atoms with Gasteiger partial charge in [0.2, 0.25) is 0 Å². The maximum atomic E-state index is 11.9. The van der Waals surface area contributed by atoms with Crippen molar-refractivity contribution in [1.29, 1.82) is 5.26 Å². The summed E-state index contributed by atoms with van der Waals surface area (Å²) in [4.78, 5) is 11.9. The Morgan fingerprint density at radius 1 is 1.24 bits per heavy atom. The lowest BCUT2D eigenvalue weighted by Crippen LogP contribution is -2.06. The van der Waals surface area contributed by atoms with Gasteiger partial charge in [0.1, 0.15) is 12.4 Å². The Bertz CT molecular complexity index is 688. The minimum absolute atomic E-state index is 0.135. The fourth-order valence-corrected chi connectivity index (χ4v) is 1.77. The molecule has 2 aromatic carbocycles. The maximum Gasteiger partial charge on any atom is 0.338 e. The topological polar surface area (TPSA) is 85.3 Å². The van der Waals surface area contributed by atoms with Crippen molar-refractivity contribution in [2.75, 3.05) is 12.8 Å². The van der Waals surface area contributed by atoms with Crippen LogP contribution in [0.2, 0.25) is 0 Å². The number of esters is 1. The van der Waals surface area contributed by atoms with E-state index in [0.29, 0.717) is 22.6 Å². The van der Waals surface area contributed by atoms with E-state index >= 15 is 0 Å². The summed E-state index contributed by atoms with van der Waals surface area (Å²) >= 11 is 0. The number of nitrogens with zero attached hydrogens (tertiary/aromatic N) is 1. The van der Waals surface area contributed by atoms with Gasteiger partial charge in [-0.3, -0.25) is 0 Å². The molecule has 0 aliphatic rings. The molecule has 0 spiro atoms. The van der Waals surface area contributed by atoms with Gasteiger partial charge >= 0.3 is 5.97 Å². The first-order chi connectivity index (χ1) is 10.1. The van der Waals surface area contributed by atoms with Crippen LogP contribution >= 0.6 is 0 Å². The number of methoxy groups -OCH3 is 1. The fourth-order valence-electron chi connectivity index (χ4n) is 1.77. The quantitative estimate of drug-likeness (QED) is 0.688. The molecule has 2 aromatic rings. The highest BCUT2D eigenvalue weighted by atomic mass is 16.5. The number of nitriles is 1. The van der Waals surface area contributed by atoms with Crippen molar-refractivity contribution < 1.29 is 14.3 Å². The lowest BCUT2D eigenvalue weighted by atomic mass is 10.1. The van der Waals surface area contributed by atoms with Gasteiger partial charge in [-0.25, -0.2) is 4.79 Å². The first-order valence-corrected chi connectivity index (χ1v) is 6.23. The van der Waals surface area contributed by atoms with Crippen LogP contribution in [-0.4, -0.2) is 13.1 Å². The van der Waals surface area contributed by atoms with E-state index in [0.717, 1.165) is 5.56 Å². The number of ether oxygens (including phenoxy) is 2. The van der Waals surface area contributed by atoms with Crippen molar-refractivity contribution in [1.82, 2.24) is 0 Å². The lowest BCUT2D eigenvalue weighted by Gasteiger charge is -2.08. The van der Waals surface area contributed by atoms with Gasteiger partial charge in [-0.05, 0) is 35.9 Å². The van der Waals surface area contributed by atoms with Crippen LogP contribution in [0, 0.1) is 11.3 Å². The van der Waals surface area contributed by atoms with Gasteiger partial charge in [0.15, 0.2) is 0 Å². The number of anilines is 1. The molecule has 0 radical (unpaired) electrons. The predicted octanol–water partition coefficient (Wildman–Crippen LogP) is 2.51. The van der Waals surface area contributed by atoms with Crippen LogP contribution in [0.4, 0.5) is 5.69 Å². The van der Waals surface area contributed by atoms with Crippen LogP contribution in [0.3, 0.4) is 0 Å². The van der Waals surface area contributed by atoms with Crippen molar-refractivity contribution in [2.45, 2.75) is 6.61 Å². The molecule has 21 heavy (non-hydrogen) atoms. The second kappa shape index (κ2) is 6.44. The third-order valence-corrected chi connectivity index (χ3v) is 2.92. The Hall–Kier alpha value is -3.00. The minimum Gasteiger partial charge on any atom is -0.495 e. The van der Waals surface area contributed by atoms with Crippen LogP contribution in [-0.2, 0) is 11.3 Å². The molecule has 0 heterocycles. The largest absolute Gasteiger partial charge is 0.495 e. The van der Waals surface area contributed by atoms with E-state index in [1.807, 2.05) is 6.07 Å². The van der Waals surface area contributed by atoms with Gasteiger partial charge < -0.3 is 15.2 Å². The van der Waals surface area contributed by atoms with Crippen molar-refractivity contribution in [3.05, 3.63) is 59.2 Å². The van der Waals surface area contributed by atoms with Gasteiger partial charge in [0.25, 0.3) is 0 Å². The molecule has 5 heteroatoms. The molecule has 0 bridgehead atoms. The molecule has 0 saturated heterocycles. The average Bonchev–Trinajstić information content (AvgIpc) is 2.53. The fraction of sp³-hybridized carbons (Fsp3) is 0.125. The normalized spacial score (nSPS) is 9.71. The summed E-state index contributed by atoms with van der Waals surface area (Å²) in [6.45, 7) is 0.135. The zero-order valence-electron chi connectivity index (χ0n) is 11.5. The van der Waals surface area contributed by atoms with Gasteiger partial charge in [0, 0.05) is 0 Å². The summed E-state index contributed by atoms with van der Waals surface area (Å²) in [5.41, 5.74) is 7.86. The summed E-state index contributed by atoms with van der Waals surface area (Å²) in [6, 6.07) is 13.6. The molecule has 106 valence electrons. The second-order valence-electron chi connectivity index (χ2n) is 4.34. The number of nitrogens with two attached hydrogens (primary N) is 1. The van der Waals surface area contributed by atoms with Gasteiger partial charge in [-0.1, -0.05) is 12.1 Å². The summed E-state index contributed by atoms with van der Waals surface area (Å²) in [7, 11) is 1.51. The molecule has 0 fully saturated rings. The molecule has 2 N–H and O–H groups in total. The van der Waals surface area contributed by atoms with E-state index in [2.05, 4.69) is 0 Å². The van der Waals surface area contributed by atoms with E-state index in [1.165, 1.54) is 13.2 Å². The van der Waals surface area contributed by atoms with E-state index in [1.54, 1.807) is 36.4 Å². The number of hydrogen-bond donors (Lipinski definition) is 1. The van der Waals surface area contributed by atoms with E-state index < -0.39 is 5.97 Å². The van der Waals surface area contributed by atoms with E-state index in [9.17, 15) is 4.79 Å². The van der Waals surface area contributed by atoms with Crippen molar-refractivity contribution >= 4 is 11.7 Å². The first kappa shape index (κ1) is 14.4. The number of rotatable bonds is 4. The van der Waals surface area contributed by atoms with Gasteiger partial charge in [0.05, 0.1) is 30.0 Å². The molecule has 0 amide bonds. The number of carbonyl (C=O) groups excluding carboxylic acids is 1.